The average molecular weight is 144 g/mol. The van der Waals surface area contributed by atoms with Crippen molar-refractivity contribution in [2.45, 2.75) is 24.3 Å². The van der Waals surface area contributed by atoms with Crippen LogP contribution >= 0.6 is 0 Å². The fraction of sp³-hybridized carbons (Fsp3) is 1.00. The van der Waals surface area contributed by atoms with Crippen LogP contribution in [0.1, 0.15) is 0 Å². The third-order valence-corrected chi connectivity index (χ3v) is 2.13. The Morgan fingerprint density at radius 3 is 1.70 bits per heavy atom. The molecule has 2 aliphatic heterocycles. The SMILES string of the molecule is N[C@@H]1CO[C@H]2[C@H]1OC[C@@H]2N. The van der Waals surface area contributed by atoms with Gasteiger partial charge in [-0.05, 0) is 0 Å². The molecule has 4 heteroatoms. The lowest BCUT2D eigenvalue weighted by atomic mass is 10.1. The Morgan fingerprint density at radius 1 is 0.900 bits per heavy atom. The lowest BCUT2D eigenvalue weighted by molar-refractivity contribution is 0.0691. The van der Waals surface area contributed by atoms with Crippen LogP contribution in [0.5, 0.6) is 0 Å². The quantitative estimate of drug-likeness (QED) is 0.431. The third kappa shape index (κ3) is 0.769. The second kappa shape index (κ2) is 2.17. The maximum absolute atomic E-state index is 5.68. The molecule has 2 heterocycles. The number of nitrogens with two attached hydrogens (primary N) is 2. The van der Waals surface area contributed by atoms with Gasteiger partial charge in [-0.3, -0.25) is 0 Å². The van der Waals surface area contributed by atoms with Crippen LogP contribution in [0.2, 0.25) is 0 Å². The molecule has 0 unspecified atom stereocenters. The van der Waals surface area contributed by atoms with Crippen molar-refractivity contribution in [2.24, 2.45) is 11.5 Å². The van der Waals surface area contributed by atoms with Crippen LogP contribution in [-0.4, -0.2) is 37.5 Å². The average Bonchev–Trinajstić information content (AvgIpc) is 2.41. The van der Waals surface area contributed by atoms with Gasteiger partial charge < -0.3 is 20.9 Å². The van der Waals surface area contributed by atoms with Crippen LogP contribution < -0.4 is 11.5 Å². The molecule has 0 saturated carbocycles. The summed E-state index contributed by atoms with van der Waals surface area (Å²) in [6, 6.07) is 0.0529. The van der Waals surface area contributed by atoms with Crippen molar-refractivity contribution in [1.82, 2.24) is 0 Å². The molecule has 2 fully saturated rings. The normalized spacial score (nSPS) is 53.4. The van der Waals surface area contributed by atoms with Gasteiger partial charge in [0.15, 0.2) is 0 Å². The number of hydrogen-bond acceptors (Lipinski definition) is 4. The summed E-state index contributed by atoms with van der Waals surface area (Å²) < 4.78 is 10.7. The van der Waals surface area contributed by atoms with Crippen molar-refractivity contribution in [3.8, 4) is 0 Å². The van der Waals surface area contributed by atoms with Gasteiger partial charge in [-0.25, -0.2) is 0 Å². The summed E-state index contributed by atoms with van der Waals surface area (Å²) in [6.07, 6.45) is 0.102. The van der Waals surface area contributed by atoms with Crippen LogP contribution in [0.15, 0.2) is 0 Å². The van der Waals surface area contributed by atoms with Crippen molar-refractivity contribution < 1.29 is 9.47 Å². The molecule has 4 nitrogen and oxygen atoms in total. The van der Waals surface area contributed by atoms with Crippen LogP contribution in [0.3, 0.4) is 0 Å². The molecule has 10 heavy (non-hydrogen) atoms. The fourth-order valence-electron chi connectivity index (χ4n) is 1.56. The zero-order valence-electron chi connectivity index (χ0n) is 5.69. The first-order valence-electron chi connectivity index (χ1n) is 3.53. The highest BCUT2D eigenvalue weighted by Crippen LogP contribution is 2.24. The van der Waals surface area contributed by atoms with Gasteiger partial charge in [-0.1, -0.05) is 0 Å². The topological polar surface area (TPSA) is 70.5 Å². The first-order valence-corrected chi connectivity index (χ1v) is 3.53. The monoisotopic (exact) mass is 144 g/mol. The molecule has 4 N–H and O–H groups in total. The molecule has 2 aliphatic rings. The number of ether oxygens (including phenoxy) is 2. The fourth-order valence-corrected chi connectivity index (χ4v) is 1.56. The van der Waals surface area contributed by atoms with Gasteiger partial charge in [0.2, 0.25) is 0 Å². The van der Waals surface area contributed by atoms with E-state index in [2.05, 4.69) is 0 Å². The molecule has 0 radical (unpaired) electrons. The third-order valence-electron chi connectivity index (χ3n) is 2.13. The molecular formula is C6H12N2O2. The van der Waals surface area contributed by atoms with Crippen molar-refractivity contribution in [1.29, 1.82) is 0 Å². The van der Waals surface area contributed by atoms with E-state index in [-0.39, 0.29) is 24.3 Å². The zero-order valence-corrected chi connectivity index (χ0v) is 5.69. The van der Waals surface area contributed by atoms with E-state index >= 15 is 0 Å². The molecule has 0 amide bonds. The first kappa shape index (κ1) is 6.54. The predicted octanol–water partition coefficient (Wildman–Crippen LogP) is -1.56. The zero-order chi connectivity index (χ0) is 7.14. The molecule has 58 valence electrons. The van der Waals surface area contributed by atoms with Crippen molar-refractivity contribution in [2.75, 3.05) is 13.2 Å². The molecule has 0 bridgehead atoms. The minimum atomic E-state index is 0.0264. The van der Waals surface area contributed by atoms with Gasteiger partial charge in [0.25, 0.3) is 0 Å². The summed E-state index contributed by atoms with van der Waals surface area (Å²) in [5.74, 6) is 0. The Balaban J connectivity index is 2.09. The summed E-state index contributed by atoms with van der Waals surface area (Å²) in [5.41, 5.74) is 11.4. The Kier molecular flexibility index (Phi) is 1.42. The van der Waals surface area contributed by atoms with Gasteiger partial charge in [0.1, 0.15) is 12.2 Å². The Morgan fingerprint density at radius 2 is 1.30 bits per heavy atom. The second-order valence-electron chi connectivity index (χ2n) is 2.92. The first-order chi connectivity index (χ1) is 4.79. The molecular weight excluding hydrogens is 132 g/mol. The van der Waals surface area contributed by atoms with Crippen LogP contribution in [0.25, 0.3) is 0 Å². The summed E-state index contributed by atoms with van der Waals surface area (Å²) in [6.45, 7) is 1.17. The van der Waals surface area contributed by atoms with Crippen LogP contribution in [0, 0.1) is 0 Å². The van der Waals surface area contributed by atoms with Crippen molar-refractivity contribution in [3.63, 3.8) is 0 Å². The number of fused-ring (bicyclic) bond motifs is 1. The highest BCUT2D eigenvalue weighted by Gasteiger charge is 2.44. The second-order valence-corrected chi connectivity index (χ2v) is 2.92. The lowest BCUT2D eigenvalue weighted by Crippen LogP contribution is -2.39. The van der Waals surface area contributed by atoms with E-state index in [0.717, 1.165) is 0 Å². The van der Waals surface area contributed by atoms with E-state index in [1.165, 1.54) is 0 Å². The van der Waals surface area contributed by atoms with Crippen molar-refractivity contribution >= 4 is 0 Å². The minimum Gasteiger partial charge on any atom is -0.372 e. The van der Waals surface area contributed by atoms with Gasteiger partial charge in [0.05, 0.1) is 25.3 Å². The van der Waals surface area contributed by atoms with E-state index < -0.39 is 0 Å². The highest BCUT2D eigenvalue weighted by molar-refractivity contribution is 4.97. The largest absolute Gasteiger partial charge is 0.372 e. The maximum Gasteiger partial charge on any atom is 0.103 e. The molecule has 0 aromatic rings. The van der Waals surface area contributed by atoms with Crippen LogP contribution in [-0.2, 0) is 9.47 Å². The van der Waals surface area contributed by atoms with Gasteiger partial charge >= 0.3 is 0 Å². The van der Waals surface area contributed by atoms with Gasteiger partial charge in [-0.15, -0.1) is 0 Å². The molecule has 2 rings (SSSR count). The standard InChI is InChI=1S/C6H12N2O2/c7-3-1-9-6-4(8)2-10-5(3)6/h3-6H,1-2,7-8H2/t3-,4+,5+,6-. The summed E-state index contributed by atoms with van der Waals surface area (Å²) in [7, 11) is 0. The summed E-state index contributed by atoms with van der Waals surface area (Å²) in [5, 5.41) is 0. The smallest absolute Gasteiger partial charge is 0.103 e. The molecule has 0 aliphatic carbocycles. The Labute approximate surface area is 59.5 Å². The van der Waals surface area contributed by atoms with E-state index in [1.807, 2.05) is 0 Å². The van der Waals surface area contributed by atoms with Gasteiger partial charge in [0, 0.05) is 0 Å². The molecule has 2 saturated heterocycles. The molecule has 0 aromatic heterocycles. The lowest BCUT2D eigenvalue weighted by Gasteiger charge is -2.10. The van der Waals surface area contributed by atoms with E-state index in [1.54, 1.807) is 0 Å². The molecule has 0 aromatic carbocycles. The highest BCUT2D eigenvalue weighted by atomic mass is 16.6. The molecule has 4 atom stereocenters. The Bertz CT molecular complexity index is 126. The van der Waals surface area contributed by atoms with Crippen LogP contribution in [0.4, 0.5) is 0 Å². The van der Waals surface area contributed by atoms with E-state index in [9.17, 15) is 0 Å². The number of hydrogen-bond donors (Lipinski definition) is 2. The molecule has 0 spiro atoms. The number of rotatable bonds is 0. The summed E-state index contributed by atoms with van der Waals surface area (Å²) in [4.78, 5) is 0. The van der Waals surface area contributed by atoms with Gasteiger partial charge in [-0.2, -0.15) is 0 Å². The maximum atomic E-state index is 5.68. The van der Waals surface area contributed by atoms with E-state index in [4.69, 9.17) is 20.9 Å². The predicted molar refractivity (Wildman–Crippen MR) is 35.4 cm³/mol. The van der Waals surface area contributed by atoms with E-state index in [0.29, 0.717) is 13.2 Å². The van der Waals surface area contributed by atoms with Crippen molar-refractivity contribution in [3.05, 3.63) is 0 Å². The Hall–Kier alpha value is -0.160. The summed E-state index contributed by atoms with van der Waals surface area (Å²) >= 11 is 0. The minimum absolute atomic E-state index is 0.0264.